The maximum absolute atomic E-state index is 4.21. The Morgan fingerprint density at radius 1 is 1.23 bits per heavy atom. The number of rotatable bonds is 0. The Morgan fingerprint density at radius 2 is 2.00 bits per heavy atom. The third-order valence-electron chi connectivity index (χ3n) is 2.45. The molecule has 1 aliphatic heterocycles. The van der Waals surface area contributed by atoms with Crippen LogP contribution in [0, 0.1) is 0 Å². The molecule has 0 atom stereocenters. The van der Waals surface area contributed by atoms with E-state index >= 15 is 0 Å². The third kappa shape index (κ3) is 2.88. The lowest BCUT2D eigenvalue weighted by Gasteiger charge is -2.23. The largest absolute Gasteiger partial charge is 0.359 e. The molecule has 1 heterocycles. The van der Waals surface area contributed by atoms with Gasteiger partial charge in [-0.1, -0.05) is 0 Å². The van der Waals surface area contributed by atoms with Crippen LogP contribution in [0.4, 0.5) is 0 Å². The summed E-state index contributed by atoms with van der Waals surface area (Å²) in [5.41, 5.74) is 0. The number of nitrogens with one attached hydrogen (secondary N) is 1. The molecule has 0 bridgehead atoms. The van der Waals surface area contributed by atoms with Gasteiger partial charge in [0.2, 0.25) is 0 Å². The van der Waals surface area contributed by atoms with Crippen LogP contribution in [0.3, 0.4) is 0 Å². The highest BCUT2D eigenvalue weighted by Crippen LogP contribution is 2.00. The monoisotopic (exact) mass is 184 g/mol. The normalized spacial score (nSPS) is 21.5. The molecule has 0 unspecified atom stereocenters. The Bertz CT molecular complexity index is 178. The number of aliphatic imine (C=N–C) groups is 1. The average Bonchev–Trinajstić information content (AvgIpc) is 2.34. The second kappa shape index (κ2) is 5.07. The molecule has 0 amide bonds. The van der Waals surface area contributed by atoms with E-state index in [1.165, 1.54) is 13.0 Å². The van der Waals surface area contributed by atoms with Crippen LogP contribution in [0.15, 0.2) is 4.99 Å². The van der Waals surface area contributed by atoms with Gasteiger partial charge in [-0.25, -0.2) is 0 Å². The number of hydrogen-bond donors (Lipinski definition) is 1. The molecule has 13 heavy (non-hydrogen) atoms. The van der Waals surface area contributed by atoms with Crippen LogP contribution in [0.5, 0.6) is 0 Å². The highest BCUT2D eigenvalue weighted by atomic mass is 15.3. The topological polar surface area (TPSA) is 30.9 Å². The Kier molecular flexibility index (Phi) is 4.02. The van der Waals surface area contributed by atoms with E-state index in [0.717, 1.165) is 25.6 Å². The maximum Gasteiger partial charge on any atom is 0.193 e. The Morgan fingerprint density at radius 3 is 2.62 bits per heavy atom. The first kappa shape index (κ1) is 10.3. The van der Waals surface area contributed by atoms with Gasteiger partial charge >= 0.3 is 0 Å². The Balaban J connectivity index is 2.50. The van der Waals surface area contributed by atoms with Crippen LogP contribution in [0.1, 0.15) is 6.42 Å². The van der Waals surface area contributed by atoms with Crippen molar-refractivity contribution in [1.29, 1.82) is 0 Å². The van der Waals surface area contributed by atoms with Gasteiger partial charge in [0.05, 0.1) is 0 Å². The van der Waals surface area contributed by atoms with Crippen molar-refractivity contribution in [1.82, 2.24) is 15.1 Å². The summed E-state index contributed by atoms with van der Waals surface area (Å²) in [6.45, 7) is 4.50. The van der Waals surface area contributed by atoms with Crippen molar-refractivity contribution < 1.29 is 0 Å². The Hall–Kier alpha value is -0.770. The van der Waals surface area contributed by atoms with E-state index in [2.05, 4.69) is 27.2 Å². The minimum Gasteiger partial charge on any atom is -0.359 e. The van der Waals surface area contributed by atoms with E-state index in [9.17, 15) is 0 Å². The molecule has 1 fully saturated rings. The Labute approximate surface area is 80.6 Å². The molecule has 0 saturated carbocycles. The van der Waals surface area contributed by atoms with Crippen LogP contribution in [-0.4, -0.2) is 63.1 Å². The van der Waals surface area contributed by atoms with Crippen LogP contribution in [-0.2, 0) is 0 Å². The molecule has 0 radical (unpaired) electrons. The van der Waals surface area contributed by atoms with Crippen LogP contribution in [0.2, 0.25) is 0 Å². The summed E-state index contributed by atoms with van der Waals surface area (Å²) < 4.78 is 0. The minimum atomic E-state index is 1.01. The number of likely N-dealkylation sites (N-methyl/N-ethyl adjacent to an activating group) is 1. The molecule has 76 valence electrons. The SMILES string of the molecule is CN=C(NC)N1CCCN(C)CC1. The standard InChI is InChI=1S/C9H20N4/c1-10-9(11-2)13-6-4-5-12(3)7-8-13/h4-8H2,1-3H3,(H,10,11). The van der Waals surface area contributed by atoms with Crippen molar-refractivity contribution in [3.05, 3.63) is 0 Å². The highest BCUT2D eigenvalue weighted by molar-refractivity contribution is 5.79. The molecule has 0 aromatic rings. The minimum absolute atomic E-state index is 1.01. The summed E-state index contributed by atoms with van der Waals surface area (Å²) in [7, 11) is 5.93. The second-order valence-corrected chi connectivity index (χ2v) is 3.44. The highest BCUT2D eigenvalue weighted by Gasteiger charge is 2.13. The molecule has 1 aliphatic rings. The molecule has 1 N–H and O–H groups in total. The second-order valence-electron chi connectivity index (χ2n) is 3.44. The van der Waals surface area contributed by atoms with E-state index in [4.69, 9.17) is 0 Å². The van der Waals surface area contributed by atoms with Crippen molar-refractivity contribution in [2.75, 3.05) is 47.3 Å². The molecule has 0 aromatic heterocycles. The van der Waals surface area contributed by atoms with Gasteiger partial charge in [0, 0.05) is 33.7 Å². The molecule has 0 spiro atoms. The summed E-state index contributed by atoms with van der Waals surface area (Å²) in [4.78, 5) is 8.88. The molecule has 4 nitrogen and oxygen atoms in total. The van der Waals surface area contributed by atoms with Crippen LogP contribution >= 0.6 is 0 Å². The van der Waals surface area contributed by atoms with Crippen molar-refractivity contribution in [3.63, 3.8) is 0 Å². The van der Waals surface area contributed by atoms with E-state index in [0.29, 0.717) is 0 Å². The maximum atomic E-state index is 4.21. The van der Waals surface area contributed by atoms with E-state index < -0.39 is 0 Å². The fourth-order valence-electron chi connectivity index (χ4n) is 1.67. The zero-order valence-corrected chi connectivity index (χ0v) is 8.88. The van der Waals surface area contributed by atoms with Crippen LogP contribution in [0.25, 0.3) is 0 Å². The third-order valence-corrected chi connectivity index (χ3v) is 2.45. The molecule has 4 heteroatoms. The first-order valence-electron chi connectivity index (χ1n) is 4.86. The fourth-order valence-corrected chi connectivity index (χ4v) is 1.67. The first-order chi connectivity index (χ1) is 6.27. The molecule has 1 saturated heterocycles. The lowest BCUT2D eigenvalue weighted by atomic mass is 10.4. The summed E-state index contributed by atoms with van der Waals surface area (Å²) in [6, 6.07) is 0. The van der Waals surface area contributed by atoms with E-state index in [-0.39, 0.29) is 0 Å². The number of hydrogen-bond acceptors (Lipinski definition) is 2. The van der Waals surface area contributed by atoms with Gasteiger partial charge < -0.3 is 15.1 Å². The quantitative estimate of drug-likeness (QED) is 0.419. The predicted octanol–water partition coefficient (Wildman–Crippen LogP) is -0.171. The van der Waals surface area contributed by atoms with Gasteiger partial charge in [0.15, 0.2) is 5.96 Å². The van der Waals surface area contributed by atoms with Gasteiger partial charge in [0.25, 0.3) is 0 Å². The summed E-state index contributed by atoms with van der Waals surface area (Å²) in [5, 5.41) is 3.12. The van der Waals surface area contributed by atoms with Gasteiger partial charge in [-0.05, 0) is 20.0 Å². The zero-order chi connectivity index (χ0) is 9.68. The van der Waals surface area contributed by atoms with Crippen molar-refractivity contribution in [2.24, 2.45) is 4.99 Å². The van der Waals surface area contributed by atoms with Gasteiger partial charge in [0.1, 0.15) is 0 Å². The van der Waals surface area contributed by atoms with Crippen molar-refractivity contribution >= 4 is 5.96 Å². The average molecular weight is 184 g/mol. The molecular formula is C9H20N4. The summed E-state index contributed by atoms with van der Waals surface area (Å²) >= 11 is 0. The number of nitrogens with zero attached hydrogens (tertiary/aromatic N) is 3. The fraction of sp³-hybridized carbons (Fsp3) is 0.889. The zero-order valence-electron chi connectivity index (χ0n) is 8.88. The van der Waals surface area contributed by atoms with Gasteiger partial charge in [-0.15, -0.1) is 0 Å². The number of guanidine groups is 1. The van der Waals surface area contributed by atoms with E-state index in [1.807, 2.05) is 14.1 Å². The van der Waals surface area contributed by atoms with Crippen LogP contribution < -0.4 is 5.32 Å². The smallest absolute Gasteiger partial charge is 0.193 e. The molecular weight excluding hydrogens is 164 g/mol. The van der Waals surface area contributed by atoms with Gasteiger partial charge in [-0.3, -0.25) is 4.99 Å². The van der Waals surface area contributed by atoms with Crippen molar-refractivity contribution in [2.45, 2.75) is 6.42 Å². The predicted molar refractivity (Wildman–Crippen MR) is 56.1 cm³/mol. The molecule has 0 aliphatic carbocycles. The van der Waals surface area contributed by atoms with E-state index in [1.54, 1.807) is 0 Å². The molecule has 1 rings (SSSR count). The lowest BCUT2D eigenvalue weighted by molar-refractivity contribution is 0.344. The summed E-state index contributed by atoms with van der Waals surface area (Å²) in [6.07, 6.45) is 1.22. The first-order valence-corrected chi connectivity index (χ1v) is 4.86. The summed E-state index contributed by atoms with van der Waals surface area (Å²) in [5.74, 6) is 1.01. The van der Waals surface area contributed by atoms with Crippen molar-refractivity contribution in [3.8, 4) is 0 Å². The molecule has 0 aromatic carbocycles. The van der Waals surface area contributed by atoms with Gasteiger partial charge in [-0.2, -0.15) is 0 Å². The lowest BCUT2D eigenvalue weighted by Crippen LogP contribution is -2.41.